The van der Waals surface area contributed by atoms with Crippen LogP contribution in [-0.4, -0.2) is 41.9 Å². The minimum Gasteiger partial charge on any atom is -0.387 e. The highest BCUT2D eigenvalue weighted by atomic mass is 32.2. The molecule has 0 spiro atoms. The number of amides is 1. The number of rotatable bonds is 37. The monoisotopic (exact) mass is 710 g/mol. The van der Waals surface area contributed by atoms with Gasteiger partial charge in [-0.3, -0.25) is 9.35 Å². The normalized spacial score (nSPS) is 13.6. The van der Waals surface area contributed by atoms with Crippen LogP contribution in [0.1, 0.15) is 206 Å². The van der Waals surface area contributed by atoms with E-state index in [0.29, 0.717) is 6.42 Å². The van der Waals surface area contributed by atoms with Crippen LogP contribution in [-0.2, 0) is 14.9 Å². The summed E-state index contributed by atoms with van der Waals surface area (Å²) in [6, 6.07) is -1.06. The first-order chi connectivity index (χ1) is 23.8. The zero-order chi connectivity index (χ0) is 36.1. The van der Waals surface area contributed by atoms with Crippen LogP contribution < -0.4 is 5.32 Å². The number of aliphatic hydroxyl groups is 1. The quantitative estimate of drug-likeness (QED) is 0.0338. The van der Waals surface area contributed by atoms with Crippen LogP contribution in [0.3, 0.4) is 0 Å². The van der Waals surface area contributed by atoms with Gasteiger partial charge in [0.25, 0.3) is 10.1 Å². The Morgan fingerprint density at radius 3 is 1.33 bits per heavy atom. The summed E-state index contributed by atoms with van der Waals surface area (Å²) in [7, 11) is -4.34. The van der Waals surface area contributed by atoms with Crippen molar-refractivity contribution >= 4 is 16.0 Å². The van der Waals surface area contributed by atoms with Crippen molar-refractivity contribution in [3.63, 3.8) is 0 Å². The second-order valence-corrected chi connectivity index (χ2v) is 15.8. The molecule has 0 aromatic carbocycles. The SMILES string of the molecule is CCCCCCC/C=C\C/C=C\CCCCCCCCCCCCCC(=O)NC(CS(=O)(=O)O)C(O)/C=C/CCCCCCCCCCC. The molecular formula is C42H79NO5S. The summed E-state index contributed by atoms with van der Waals surface area (Å²) in [4.78, 5) is 12.5. The molecule has 0 radical (unpaired) electrons. The Hall–Kier alpha value is -1.44. The van der Waals surface area contributed by atoms with E-state index in [1.165, 1.54) is 141 Å². The Morgan fingerprint density at radius 1 is 0.551 bits per heavy atom. The maximum Gasteiger partial charge on any atom is 0.267 e. The Labute approximate surface area is 304 Å². The number of carbonyl (C=O) groups is 1. The lowest BCUT2D eigenvalue weighted by molar-refractivity contribution is -0.122. The Kier molecular flexibility index (Phi) is 35.3. The van der Waals surface area contributed by atoms with E-state index in [0.717, 1.165) is 44.9 Å². The largest absolute Gasteiger partial charge is 0.387 e. The van der Waals surface area contributed by atoms with Gasteiger partial charge in [-0.2, -0.15) is 8.42 Å². The molecule has 2 unspecified atom stereocenters. The van der Waals surface area contributed by atoms with E-state index in [1.54, 1.807) is 6.08 Å². The van der Waals surface area contributed by atoms with Crippen LogP contribution in [0.25, 0.3) is 0 Å². The molecule has 0 aliphatic rings. The number of nitrogens with one attached hydrogen (secondary N) is 1. The molecule has 0 aliphatic carbocycles. The molecule has 288 valence electrons. The first kappa shape index (κ1) is 47.6. The molecule has 0 rings (SSSR count). The highest BCUT2D eigenvalue weighted by molar-refractivity contribution is 7.85. The molecular weight excluding hydrogens is 631 g/mol. The van der Waals surface area contributed by atoms with E-state index >= 15 is 0 Å². The fourth-order valence-electron chi connectivity index (χ4n) is 6.19. The second-order valence-electron chi connectivity index (χ2n) is 14.3. The zero-order valence-corrected chi connectivity index (χ0v) is 32.9. The van der Waals surface area contributed by atoms with E-state index in [1.807, 2.05) is 6.08 Å². The summed E-state index contributed by atoms with van der Waals surface area (Å²) in [6.07, 6.45) is 47.1. The van der Waals surface area contributed by atoms with E-state index in [9.17, 15) is 22.9 Å². The van der Waals surface area contributed by atoms with Gasteiger partial charge >= 0.3 is 0 Å². The van der Waals surface area contributed by atoms with Gasteiger partial charge in [0.2, 0.25) is 5.91 Å². The van der Waals surface area contributed by atoms with Gasteiger partial charge in [-0.1, -0.05) is 185 Å². The van der Waals surface area contributed by atoms with Crippen LogP contribution in [0.4, 0.5) is 0 Å². The highest BCUT2D eigenvalue weighted by Crippen LogP contribution is 2.14. The van der Waals surface area contributed by atoms with Crippen LogP contribution in [0, 0.1) is 0 Å². The second kappa shape index (κ2) is 36.4. The number of unbranched alkanes of at least 4 members (excludes halogenated alkanes) is 25. The third kappa shape index (κ3) is 37.6. The lowest BCUT2D eigenvalue weighted by Gasteiger charge is -2.21. The predicted octanol–water partition coefficient (Wildman–Crippen LogP) is 12.1. The molecule has 0 heterocycles. The lowest BCUT2D eigenvalue weighted by Crippen LogP contribution is -2.46. The summed E-state index contributed by atoms with van der Waals surface area (Å²) in [5.74, 6) is -0.979. The maximum atomic E-state index is 12.5. The third-order valence-corrected chi connectivity index (χ3v) is 10.1. The third-order valence-electron chi connectivity index (χ3n) is 9.31. The van der Waals surface area contributed by atoms with Crippen molar-refractivity contribution in [2.45, 2.75) is 219 Å². The van der Waals surface area contributed by atoms with E-state index in [-0.39, 0.29) is 5.91 Å². The Morgan fingerprint density at radius 2 is 0.918 bits per heavy atom. The van der Waals surface area contributed by atoms with Crippen LogP contribution in [0.2, 0.25) is 0 Å². The summed E-state index contributed by atoms with van der Waals surface area (Å²) in [5, 5.41) is 13.2. The predicted molar refractivity (Wildman–Crippen MR) is 212 cm³/mol. The van der Waals surface area contributed by atoms with E-state index in [4.69, 9.17) is 0 Å². The standard InChI is InChI=1S/C42H79NO5S/c1-3-5-7-9-11-13-15-16-17-18-19-20-21-22-23-24-25-26-28-30-32-34-36-38-42(45)43-40(39-49(46,47)48)41(44)37-35-33-31-29-27-14-12-10-8-6-4-2/h15-16,18-19,35,37,40-41,44H,3-14,17,20-34,36,38-39H2,1-2H3,(H,43,45)(H,46,47,48)/b16-15-,19-18-,37-35+. The van der Waals surface area contributed by atoms with Crippen molar-refractivity contribution in [3.05, 3.63) is 36.5 Å². The number of hydrogen-bond donors (Lipinski definition) is 3. The Balaban J connectivity index is 3.83. The summed E-state index contributed by atoms with van der Waals surface area (Å²) < 4.78 is 32.4. The number of aliphatic hydroxyl groups excluding tert-OH is 1. The van der Waals surface area contributed by atoms with Gasteiger partial charge in [0.05, 0.1) is 17.9 Å². The van der Waals surface area contributed by atoms with Crippen LogP contribution in [0.15, 0.2) is 36.5 Å². The molecule has 0 aliphatic heterocycles. The number of allylic oxidation sites excluding steroid dienone is 5. The minimum atomic E-state index is -4.34. The summed E-state index contributed by atoms with van der Waals surface area (Å²) >= 11 is 0. The van der Waals surface area contributed by atoms with Gasteiger partial charge in [-0.25, -0.2) is 0 Å². The smallest absolute Gasteiger partial charge is 0.267 e. The van der Waals surface area contributed by atoms with Crippen LogP contribution >= 0.6 is 0 Å². The molecule has 3 N–H and O–H groups in total. The molecule has 0 saturated heterocycles. The number of carbonyl (C=O) groups excluding carboxylic acids is 1. The maximum absolute atomic E-state index is 12.5. The van der Waals surface area contributed by atoms with Crippen molar-refractivity contribution in [2.75, 3.05) is 5.75 Å². The first-order valence-corrected chi connectivity index (χ1v) is 22.3. The van der Waals surface area contributed by atoms with Gasteiger partial charge < -0.3 is 10.4 Å². The molecule has 6 nitrogen and oxygen atoms in total. The van der Waals surface area contributed by atoms with Crippen LogP contribution in [0.5, 0.6) is 0 Å². The fraction of sp³-hybridized carbons (Fsp3) is 0.833. The van der Waals surface area contributed by atoms with Crippen molar-refractivity contribution in [1.82, 2.24) is 5.32 Å². The van der Waals surface area contributed by atoms with E-state index < -0.39 is 28.0 Å². The van der Waals surface area contributed by atoms with Crippen molar-refractivity contribution in [1.29, 1.82) is 0 Å². The van der Waals surface area contributed by atoms with Crippen molar-refractivity contribution < 1.29 is 22.9 Å². The number of hydrogen-bond acceptors (Lipinski definition) is 4. The molecule has 2 atom stereocenters. The van der Waals surface area contributed by atoms with Gasteiger partial charge in [0.1, 0.15) is 0 Å². The average Bonchev–Trinajstić information content (AvgIpc) is 3.06. The summed E-state index contributed by atoms with van der Waals surface area (Å²) in [6.45, 7) is 4.49. The van der Waals surface area contributed by atoms with Crippen molar-refractivity contribution in [2.24, 2.45) is 0 Å². The van der Waals surface area contributed by atoms with Gasteiger partial charge in [0, 0.05) is 6.42 Å². The van der Waals surface area contributed by atoms with E-state index in [2.05, 4.69) is 43.5 Å². The molecule has 0 aromatic heterocycles. The minimum absolute atomic E-state index is 0.282. The molecule has 49 heavy (non-hydrogen) atoms. The highest BCUT2D eigenvalue weighted by Gasteiger charge is 2.24. The molecule has 7 heteroatoms. The van der Waals surface area contributed by atoms with Gasteiger partial charge in [-0.05, 0) is 51.4 Å². The lowest BCUT2D eigenvalue weighted by atomic mass is 10.0. The molecule has 0 saturated carbocycles. The molecule has 0 fully saturated rings. The molecule has 0 bridgehead atoms. The topological polar surface area (TPSA) is 104 Å². The fourth-order valence-corrected chi connectivity index (χ4v) is 6.92. The molecule has 1 amide bonds. The van der Waals surface area contributed by atoms with Gasteiger partial charge in [0.15, 0.2) is 0 Å². The molecule has 0 aromatic rings. The average molecular weight is 710 g/mol. The summed E-state index contributed by atoms with van der Waals surface area (Å²) in [5.41, 5.74) is 0. The first-order valence-electron chi connectivity index (χ1n) is 20.7. The van der Waals surface area contributed by atoms with Crippen molar-refractivity contribution in [3.8, 4) is 0 Å². The zero-order valence-electron chi connectivity index (χ0n) is 32.1. The van der Waals surface area contributed by atoms with Gasteiger partial charge in [-0.15, -0.1) is 0 Å². The Bertz CT molecular complexity index is 914.